The van der Waals surface area contributed by atoms with Crippen LogP contribution in [0.5, 0.6) is 5.19 Å². The Labute approximate surface area is 135 Å². The average Bonchev–Trinajstić information content (AvgIpc) is 3.15. The molecule has 0 aliphatic rings. The molecule has 0 amide bonds. The van der Waals surface area contributed by atoms with Crippen LogP contribution >= 0.6 is 22.7 Å². The first-order chi connectivity index (χ1) is 10.9. The van der Waals surface area contributed by atoms with Gasteiger partial charge in [0.1, 0.15) is 11.5 Å². The first kappa shape index (κ1) is 15.6. The number of methoxy groups -OCH3 is 1. The quantitative estimate of drug-likeness (QED) is 0.772. The van der Waals surface area contributed by atoms with Gasteiger partial charge in [0.15, 0.2) is 16.5 Å². The largest absolute Gasteiger partial charge is 0.473 e. The second-order valence-electron chi connectivity index (χ2n) is 4.24. The lowest BCUT2D eigenvalue weighted by Gasteiger charge is -2.02. The molecule has 0 fully saturated rings. The highest BCUT2D eigenvalue weighted by atomic mass is 32.1. The lowest BCUT2D eigenvalue weighted by Crippen LogP contribution is -2.05. The number of nitrogens with two attached hydrogens (primary N) is 1. The maximum atomic E-state index is 12.6. The Balaban J connectivity index is 2.02. The molecule has 0 unspecified atom stereocenters. The average molecular weight is 359 g/mol. The summed E-state index contributed by atoms with van der Waals surface area (Å²) >= 11 is 2.06. The number of nitrogen functional groups attached to an aromatic ring is 1. The molecule has 23 heavy (non-hydrogen) atoms. The molecule has 0 bridgehead atoms. The molecule has 2 N–H and O–H groups in total. The fourth-order valence-corrected chi connectivity index (χ4v) is 3.06. The Hall–Kier alpha value is -2.27. The van der Waals surface area contributed by atoms with E-state index in [0.717, 1.165) is 16.7 Å². The van der Waals surface area contributed by atoms with Crippen molar-refractivity contribution in [3.8, 4) is 27.4 Å². The highest BCUT2D eigenvalue weighted by molar-refractivity contribution is 7.13. The Morgan fingerprint density at radius 1 is 1.04 bits per heavy atom. The molecule has 3 aromatic heterocycles. The van der Waals surface area contributed by atoms with E-state index in [1.807, 2.05) is 0 Å². The van der Waals surface area contributed by atoms with Crippen molar-refractivity contribution >= 4 is 28.5 Å². The zero-order chi connectivity index (χ0) is 16.6. The first-order valence-corrected chi connectivity index (χ1v) is 7.80. The molecule has 0 atom stereocenters. The molecule has 6 nitrogen and oxygen atoms in total. The van der Waals surface area contributed by atoms with E-state index < -0.39 is 11.9 Å². The first-order valence-electron chi connectivity index (χ1n) is 6.04. The smallest absolute Gasteiger partial charge is 0.434 e. The van der Waals surface area contributed by atoms with E-state index in [4.69, 9.17) is 10.5 Å². The maximum absolute atomic E-state index is 12.6. The summed E-state index contributed by atoms with van der Waals surface area (Å²) in [6.45, 7) is 0. The summed E-state index contributed by atoms with van der Waals surface area (Å²) in [7, 11) is 1.48. The molecule has 3 heterocycles. The zero-order valence-electron chi connectivity index (χ0n) is 11.5. The summed E-state index contributed by atoms with van der Waals surface area (Å²) < 4.78 is 42.9. The summed E-state index contributed by atoms with van der Waals surface area (Å²) in [6.07, 6.45) is -4.51. The number of hydrogen-bond donors (Lipinski definition) is 1. The summed E-state index contributed by atoms with van der Waals surface area (Å²) in [6, 6.07) is 1.48. The van der Waals surface area contributed by atoms with Crippen molar-refractivity contribution in [3.05, 3.63) is 22.5 Å². The van der Waals surface area contributed by atoms with Crippen molar-refractivity contribution in [1.29, 1.82) is 0 Å². The predicted molar refractivity (Wildman–Crippen MR) is 80.2 cm³/mol. The van der Waals surface area contributed by atoms with Gasteiger partial charge in [-0.25, -0.2) is 19.9 Å². The van der Waals surface area contributed by atoms with Gasteiger partial charge in [0.2, 0.25) is 0 Å². The van der Waals surface area contributed by atoms with Crippen LogP contribution in [0.4, 0.5) is 19.0 Å². The molecule has 0 radical (unpaired) electrons. The Kier molecular flexibility index (Phi) is 3.90. The fraction of sp³-hybridized carbons (Fsp3) is 0.167. The van der Waals surface area contributed by atoms with E-state index >= 15 is 0 Å². The van der Waals surface area contributed by atoms with Crippen LogP contribution in [0.25, 0.3) is 22.2 Å². The van der Waals surface area contributed by atoms with E-state index in [2.05, 4.69) is 19.9 Å². The van der Waals surface area contributed by atoms with Crippen molar-refractivity contribution in [2.45, 2.75) is 6.18 Å². The second-order valence-corrected chi connectivity index (χ2v) is 5.92. The maximum Gasteiger partial charge on any atom is 0.434 e. The van der Waals surface area contributed by atoms with Crippen molar-refractivity contribution in [2.24, 2.45) is 0 Å². The van der Waals surface area contributed by atoms with Crippen LogP contribution in [0.2, 0.25) is 0 Å². The van der Waals surface area contributed by atoms with E-state index in [1.54, 1.807) is 5.38 Å². The van der Waals surface area contributed by atoms with Crippen LogP contribution in [0.1, 0.15) is 5.69 Å². The molecule has 0 spiro atoms. The lowest BCUT2D eigenvalue weighted by atomic mass is 10.3. The molecule has 120 valence electrons. The molecule has 0 aliphatic carbocycles. The monoisotopic (exact) mass is 359 g/mol. The zero-order valence-corrected chi connectivity index (χ0v) is 13.1. The van der Waals surface area contributed by atoms with Gasteiger partial charge in [-0.3, -0.25) is 0 Å². The highest BCUT2D eigenvalue weighted by Gasteiger charge is 2.34. The standard InChI is InChI=1S/C12H8F3N5OS2/c1-21-11-18-6(3-23-11)5-2-8(16)20-9(17-5)10-19-7(4-22-10)12(13,14)15/h2-4H,1H3,(H2,16,17,20). The number of hydrogen-bond acceptors (Lipinski definition) is 8. The van der Waals surface area contributed by atoms with Crippen LogP contribution in [0.3, 0.4) is 0 Å². The highest BCUT2D eigenvalue weighted by Crippen LogP contribution is 2.33. The van der Waals surface area contributed by atoms with E-state index in [1.165, 1.54) is 24.5 Å². The fourth-order valence-electron chi connectivity index (χ4n) is 1.67. The van der Waals surface area contributed by atoms with Gasteiger partial charge >= 0.3 is 6.18 Å². The third-order valence-electron chi connectivity index (χ3n) is 2.65. The number of aromatic nitrogens is 4. The van der Waals surface area contributed by atoms with Crippen LogP contribution in [-0.2, 0) is 6.18 Å². The molecular weight excluding hydrogens is 351 g/mol. The molecular formula is C12H8F3N5OS2. The molecule has 0 aromatic carbocycles. The minimum Gasteiger partial charge on any atom is -0.473 e. The lowest BCUT2D eigenvalue weighted by molar-refractivity contribution is -0.140. The normalized spacial score (nSPS) is 11.7. The van der Waals surface area contributed by atoms with Crippen molar-refractivity contribution in [1.82, 2.24) is 19.9 Å². The molecule has 11 heteroatoms. The van der Waals surface area contributed by atoms with Crippen LogP contribution in [-0.4, -0.2) is 27.0 Å². The van der Waals surface area contributed by atoms with Crippen LogP contribution in [0, 0.1) is 0 Å². The topological polar surface area (TPSA) is 86.8 Å². The van der Waals surface area contributed by atoms with Crippen molar-refractivity contribution < 1.29 is 17.9 Å². The predicted octanol–water partition coefficient (Wildman–Crippen LogP) is 3.33. The summed E-state index contributed by atoms with van der Waals surface area (Å²) in [5, 5.41) is 3.08. The van der Waals surface area contributed by atoms with Gasteiger partial charge < -0.3 is 10.5 Å². The molecule has 3 rings (SSSR count). The third-order valence-corrected chi connectivity index (χ3v) is 4.29. The van der Waals surface area contributed by atoms with Gasteiger partial charge in [0.05, 0.1) is 12.8 Å². The van der Waals surface area contributed by atoms with Gasteiger partial charge in [0.25, 0.3) is 5.19 Å². The van der Waals surface area contributed by atoms with Crippen molar-refractivity contribution in [3.63, 3.8) is 0 Å². The number of alkyl halides is 3. The molecule has 0 saturated carbocycles. The van der Waals surface area contributed by atoms with E-state index in [-0.39, 0.29) is 16.6 Å². The van der Waals surface area contributed by atoms with Gasteiger partial charge in [-0.15, -0.1) is 11.3 Å². The summed E-state index contributed by atoms with van der Waals surface area (Å²) in [5.41, 5.74) is 5.61. The molecule has 0 saturated heterocycles. The summed E-state index contributed by atoms with van der Waals surface area (Å²) in [4.78, 5) is 15.8. The molecule has 3 aromatic rings. The Bertz CT molecular complexity index is 845. The Morgan fingerprint density at radius 2 is 1.83 bits per heavy atom. The van der Waals surface area contributed by atoms with E-state index in [9.17, 15) is 13.2 Å². The number of rotatable bonds is 3. The molecule has 0 aliphatic heterocycles. The number of nitrogens with zero attached hydrogens (tertiary/aromatic N) is 4. The third kappa shape index (κ3) is 3.24. The SMILES string of the molecule is COc1nc(-c2cc(N)nc(-c3nc(C(F)(F)F)cs3)n2)cs1. The van der Waals surface area contributed by atoms with Crippen LogP contribution < -0.4 is 10.5 Å². The number of thiazole rings is 2. The minimum absolute atomic E-state index is 0.0208. The summed E-state index contributed by atoms with van der Waals surface area (Å²) in [5.74, 6) is 0.133. The van der Waals surface area contributed by atoms with Gasteiger partial charge in [-0.05, 0) is 0 Å². The number of halogens is 3. The van der Waals surface area contributed by atoms with E-state index in [0.29, 0.717) is 16.6 Å². The number of anilines is 1. The van der Waals surface area contributed by atoms with Gasteiger partial charge in [-0.1, -0.05) is 11.3 Å². The Morgan fingerprint density at radius 3 is 2.43 bits per heavy atom. The number of ether oxygens (including phenoxy) is 1. The second kappa shape index (κ2) is 5.74. The van der Waals surface area contributed by atoms with Gasteiger partial charge in [-0.2, -0.15) is 13.2 Å². The minimum atomic E-state index is -4.51. The van der Waals surface area contributed by atoms with Gasteiger partial charge in [0, 0.05) is 16.8 Å². The van der Waals surface area contributed by atoms with Crippen molar-refractivity contribution in [2.75, 3.05) is 12.8 Å². The van der Waals surface area contributed by atoms with Crippen LogP contribution in [0.15, 0.2) is 16.8 Å².